The number of anilines is 1. The van der Waals surface area contributed by atoms with E-state index in [1.807, 2.05) is 31.2 Å². The van der Waals surface area contributed by atoms with Crippen molar-refractivity contribution in [2.75, 3.05) is 5.32 Å². The molecule has 7 heteroatoms. The third-order valence-corrected chi connectivity index (χ3v) is 4.51. The Bertz CT molecular complexity index is 855. The topological polar surface area (TPSA) is 87.6 Å². The highest BCUT2D eigenvalue weighted by molar-refractivity contribution is 7.89. The van der Waals surface area contributed by atoms with E-state index in [0.717, 1.165) is 11.1 Å². The SMILES string of the molecule is CC(=O)Nc1ccc(S(=O)(=O)N/N=C(/C)c2ccc(C)cc2)cc1. The molecule has 0 aliphatic rings. The molecule has 0 saturated carbocycles. The van der Waals surface area contributed by atoms with Gasteiger partial charge in [0.05, 0.1) is 10.6 Å². The first kappa shape index (κ1) is 17.7. The molecular weight excluding hydrogens is 326 g/mol. The van der Waals surface area contributed by atoms with Gasteiger partial charge < -0.3 is 5.32 Å². The number of nitrogens with one attached hydrogen (secondary N) is 2. The van der Waals surface area contributed by atoms with Gasteiger partial charge in [0.25, 0.3) is 10.0 Å². The monoisotopic (exact) mass is 345 g/mol. The number of carbonyl (C=O) groups is 1. The van der Waals surface area contributed by atoms with Gasteiger partial charge in [-0.3, -0.25) is 4.79 Å². The Morgan fingerprint density at radius 1 is 0.958 bits per heavy atom. The lowest BCUT2D eigenvalue weighted by Gasteiger charge is -2.07. The third-order valence-electron chi connectivity index (χ3n) is 3.29. The van der Waals surface area contributed by atoms with Crippen LogP contribution in [0.4, 0.5) is 5.69 Å². The van der Waals surface area contributed by atoms with E-state index >= 15 is 0 Å². The summed E-state index contributed by atoms with van der Waals surface area (Å²) in [4.78, 5) is 13.3. The fraction of sp³-hybridized carbons (Fsp3) is 0.176. The van der Waals surface area contributed by atoms with Crippen LogP contribution in [0, 0.1) is 6.92 Å². The zero-order chi connectivity index (χ0) is 17.7. The standard InChI is InChI=1S/C17H19N3O3S/c1-12-4-6-15(7-5-12)13(2)19-20-24(22,23)17-10-8-16(9-11-17)18-14(3)21/h4-11,20H,1-3H3,(H,18,21)/b19-13-. The van der Waals surface area contributed by atoms with Gasteiger partial charge >= 0.3 is 0 Å². The van der Waals surface area contributed by atoms with E-state index in [-0.39, 0.29) is 10.8 Å². The molecule has 2 aromatic rings. The van der Waals surface area contributed by atoms with Crippen molar-refractivity contribution < 1.29 is 13.2 Å². The van der Waals surface area contributed by atoms with Crippen molar-refractivity contribution in [1.29, 1.82) is 0 Å². The van der Waals surface area contributed by atoms with Crippen molar-refractivity contribution in [1.82, 2.24) is 4.83 Å². The van der Waals surface area contributed by atoms with Crippen LogP contribution < -0.4 is 10.1 Å². The summed E-state index contributed by atoms with van der Waals surface area (Å²) in [5.74, 6) is -0.220. The fourth-order valence-corrected chi connectivity index (χ4v) is 2.82. The van der Waals surface area contributed by atoms with E-state index in [4.69, 9.17) is 0 Å². The largest absolute Gasteiger partial charge is 0.326 e. The Balaban J connectivity index is 2.14. The minimum atomic E-state index is -3.77. The van der Waals surface area contributed by atoms with Gasteiger partial charge in [-0.15, -0.1) is 0 Å². The lowest BCUT2D eigenvalue weighted by Crippen LogP contribution is -2.20. The molecule has 0 aliphatic carbocycles. The Kier molecular flexibility index (Phi) is 5.35. The van der Waals surface area contributed by atoms with Gasteiger partial charge in [0.15, 0.2) is 0 Å². The molecule has 0 aliphatic heterocycles. The molecule has 2 rings (SSSR count). The summed E-state index contributed by atoms with van der Waals surface area (Å²) in [6.07, 6.45) is 0. The average Bonchev–Trinajstić information content (AvgIpc) is 2.53. The molecule has 126 valence electrons. The predicted molar refractivity (Wildman–Crippen MR) is 94.5 cm³/mol. The normalized spacial score (nSPS) is 11.9. The number of benzene rings is 2. The minimum absolute atomic E-state index is 0.0667. The summed E-state index contributed by atoms with van der Waals surface area (Å²) in [6.45, 7) is 5.09. The molecule has 6 nitrogen and oxygen atoms in total. The first-order valence-corrected chi connectivity index (χ1v) is 8.77. The van der Waals surface area contributed by atoms with Crippen molar-refractivity contribution >= 4 is 27.3 Å². The molecule has 24 heavy (non-hydrogen) atoms. The molecule has 0 radical (unpaired) electrons. The van der Waals surface area contributed by atoms with Crippen LogP contribution in [-0.4, -0.2) is 20.0 Å². The second kappa shape index (κ2) is 7.27. The average molecular weight is 345 g/mol. The van der Waals surface area contributed by atoms with Gasteiger partial charge in [-0.1, -0.05) is 29.8 Å². The summed E-state index contributed by atoms with van der Waals surface area (Å²) in [7, 11) is -3.77. The molecule has 0 atom stereocenters. The molecule has 2 N–H and O–H groups in total. The third kappa shape index (κ3) is 4.66. The number of nitrogens with zero attached hydrogens (tertiary/aromatic N) is 1. The van der Waals surface area contributed by atoms with Gasteiger partial charge in [0, 0.05) is 12.6 Å². The van der Waals surface area contributed by atoms with E-state index < -0.39 is 10.0 Å². The summed E-state index contributed by atoms with van der Waals surface area (Å²) < 4.78 is 24.5. The number of sulfonamides is 1. The van der Waals surface area contributed by atoms with E-state index in [2.05, 4.69) is 15.2 Å². The fourth-order valence-electron chi connectivity index (χ4n) is 1.96. The first-order valence-electron chi connectivity index (χ1n) is 7.29. The van der Waals surface area contributed by atoms with Gasteiger partial charge in [0.2, 0.25) is 5.91 Å². The summed E-state index contributed by atoms with van der Waals surface area (Å²) in [6, 6.07) is 13.5. The van der Waals surface area contributed by atoms with Gasteiger partial charge in [-0.2, -0.15) is 18.4 Å². The first-order chi connectivity index (χ1) is 11.3. The predicted octanol–water partition coefficient (Wildman–Crippen LogP) is 2.66. The van der Waals surface area contributed by atoms with E-state index in [0.29, 0.717) is 11.4 Å². The van der Waals surface area contributed by atoms with Crippen molar-refractivity contribution in [3.8, 4) is 0 Å². The molecule has 0 fully saturated rings. The number of carbonyl (C=O) groups excluding carboxylic acids is 1. The number of aryl methyl sites for hydroxylation is 1. The van der Waals surface area contributed by atoms with Crippen molar-refractivity contribution in [3.05, 3.63) is 59.7 Å². The van der Waals surface area contributed by atoms with Crippen LogP contribution in [0.15, 0.2) is 58.5 Å². The zero-order valence-electron chi connectivity index (χ0n) is 13.7. The molecule has 1 amide bonds. The van der Waals surface area contributed by atoms with Gasteiger partial charge in [-0.25, -0.2) is 0 Å². The Hall–Kier alpha value is -2.67. The molecule has 0 unspecified atom stereocenters. The van der Waals surface area contributed by atoms with Crippen molar-refractivity contribution in [2.24, 2.45) is 5.10 Å². The van der Waals surface area contributed by atoms with Crippen molar-refractivity contribution in [2.45, 2.75) is 25.7 Å². The summed E-state index contributed by atoms with van der Waals surface area (Å²) in [5, 5.41) is 6.53. The minimum Gasteiger partial charge on any atom is -0.326 e. The van der Waals surface area contributed by atoms with Crippen LogP contribution in [0.3, 0.4) is 0 Å². The van der Waals surface area contributed by atoms with Crippen LogP contribution in [-0.2, 0) is 14.8 Å². The number of amides is 1. The van der Waals surface area contributed by atoms with Crippen LogP contribution in [0.25, 0.3) is 0 Å². The molecule has 2 aromatic carbocycles. The Morgan fingerprint density at radius 3 is 2.08 bits per heavy atom. The Labute approximate surface area is 141 Å². The number of hydrogen-bond donors (Lipinski definition) is 2. The number of rotatable bonds is 5. The lowest BCUT2D eigenvalue weighted by atomic mass is 10.1. The van der Waals surface area contributed by atoms with Crippen LogP contribution in [0.2, 0.25) is 0 Å². The second-order valence-electron chi connectivity index (χ2n) is 5.36. The maximum Gasteiger partial charge on any atom is 0.276 e. The molecular formula is C17H19N3O3S. The summed E-state index contributed by atoms with van der Waals surface area (Å²) in [5.41, 5.74) is 3.05. The molecule has 0 heterocycles. The highest BCUT2D eigenvalue weighted by Crippen LogP contribution is 2.14. The molecule has 0 spiro atoms. The van der Waals surface area contributed by atoms with Gasteiger partial charge in [0.1, 0.15) is 0 Å². The van der Waals surface area contributed by atoms with E-state index in [1.54, 1.807) is 6.92 Å². The molecule has 0 bridgehead atoms. The summed E-state index contributed by atoms with van der Waals surface area (Å²) >= 11 is 0. The highest BCUT2D eigenvalue weighted by Gasteiger charge is 2.13. The van der Waals surface area contributed by atoms with Crippen LogP contribution in [0.1, 0.15) is 25.0 Å². The number of hydrogen-bond acceptors (Lipinski definition) is 4. The number of hydrazone groups is 1. The molecule has 0 aromatic heterocycles. The zero-order valence-corrected chi connectivity index (χ0v) is 14.5. The van der Waals surface area contributed by atoms with Gasteiger partial charge in [-0.05, 0) is 43.7 Å². The highest BCUT2D eigenvalue weighted by atomic mass is 32.2. The van der Waals surface area contributed by atoms with E-state index in [1.165, 1.54) is 31.2 Å². The van der Waals surface area contributed by atoms with Crippen LogP contribution >= 0.6 is 0 Å². The maximum absolute atomic E-state index is 12.3. The Morgan fingerprint density at radius 2 is 1.54 bits per heavy atom. The van der Waals surface area contributed by atoms with Crippen LogP contribution in [0.5, 0.6) is 0 Å². The maximum atomic E-state index is 12.3. The second-order valence-corrected chi connectivity index (χ2v) is 7.02. The lowest BCUT2D eigenvalue weighted by molar-refractivity contribution is -0.114. The quantitative estimate of drug-likeness (QED) is 0.645. The smallest absolute Gasteiger partial charge is 0.276 e. The van der Waals surface area contributed by atoms with Crippen molar-refractivity contribution in [3.63, 3.8) is 0 Å². The molecule has 0 saturated heterocycles. The van der Waals surface area contributed by atoms with E-state index in [9.17, 15) is 13.2 Å².